The van der Waals surface area contributed by atoms with E-state index in [-0.39, 0.29) is 24.7 Å². The molecular weight excluding hydrogens is 384 g/mol. The number of aromatic nitrogens is 4. The van der Waals surface area contributed by atoms with Crippen LogP contribution in [0.4, 0.5) is 11.5 Å². The molecule has 1 amide bonds. The zero-order valence-corrected chi connectivity index (χ0v) is 16.2. The Morgan fingerprint density at radius 2 is 1.93 bits per heavy atom. The lowest BCUT2D eigenvalue weighted by atomic mass is 10.2. The maximum absolute atomic E-state index is 12.3. The van der Waals surface area contributed by atoms with Gasteiger partial charge in [0.2, 0.25) is 5.91 Å². The molecule has 0 atom stereocenters. The van der Waals surface area contributed by atoms with Crippen molar-refractivity contribution in [3.05, 3.63) is 68.6 Å². The molecule has 0 spiro atoms. The van der Waals surface area contributed by atoms with Gasteiger partial charge in [-0.15, -0.1) is 0 Å². The molecule has 0 aliphatic heterocycles. The van der Waals surface area contributed by atoms with Crippen LogP contribution in [0.2, 0.25) is 5.02 Å². The van der Waals surface area contributed by atoms with Gasteiger partial charge >= 0.3 is 5.82 Å². The molecule has 146 valence electrons. The fourth-order valence-corrected chi connectivity index (χ4v) is 2.91. The topological polar surface area (TPSA) is 108 Å². The Bertz CT molecular complexity index is 1010. The van der Waals surface area contributed by atoms with E-state index in [4.69, 9.17) is 11.6 Å². The van der Waals surface area contributed by atoms with E-state index in [0.29, 0.717) is 17.3 Å². The third kappa shape index (κ3) is 4.55. The third-order valence-corrected chi connectivity index (χ3v) is 4.53. The number of amides is 1. The van der Waals surface area contributed by atoms with Crippen LogP contribution < -0.4 is 5.32 Å². The van der Waals surface area contributed by atoms with E-state index in [0.717, 1.165) is 17.0 Å². The van der Waals surface area contributed by atoms with Crippen LogP contribution in [-0.4, -0.2) is 30.4 Å². The Labute approximate surface area is 166 Å². The fraction of sp³-hybridized carbons (Fsp3) is 0.278. The minimum Gasteiger partial charge on any atom is -0.358 e. The quantitative estimate of drug-likeness (QED) is 0.481. The predicted molar refractivity (Wildman–Crippen MR) is 104 cm³/mol. The summed E-state index contributed by atoms with van der Waals surface area (Å²) >= 11 is 5.91. The second kappa shape index (κ2) is 8.22. The first-order valence-corrected chi connectivity index (χ1v) is 8.97. The largest absolute Gasteiger partial charge is 0.389 e. The SMILES string of the molecule is Cc1nn(Cc2ccc(Cl)cc2)c(C)c1NC(=O)CCn1ccc([N+](=O)[O-])n1. The predicted octanol–water partition coefficient (Wildman–Crippen LogP) is 3.34. The number of nitro groups is 1. The lowest BCUT2D eigenvalue weighted by molar-refractivity contribution is -0.389. The Morgan fingerprint density at radius 3 is 2.57 bits per heavy atom. The van der Waals surface area contributed by atoms with Gasteiger partial charge < -0.3 is 15.4 Å². The van der Waals surface area contributed by atoms with Crippen molar-refractivity contribution in [3.63, 3.8) is 0 Å². The summed E-state index contributed by atoms with van der Waals surface area (Å²) in [7, 11) is 0. The first-order chi connectivity index (χ1) is 13.3. The number of carbonyl (C=O) groups excluding carboxylic acids is 1. The van der Waals surface area contributed by atoms with E-state index in [2.05, 4.69) is 15.5 Å². The van der Waals surface area contributed by atoms with E-state index in [9.17, 15) is 14.9 Å². The van der Waals surface area contributed by atoms with E-state index < -0.39 is 4.92 Å². The van der Waals surface area contributed by atoms with E-state index in [1.807, 2.05) is 42.8 Å². The summed E-state index contributed by atoms with van der Waals surface area (Å²) in [6.45, 7) is 4.54. The number of rotatable bonds is 7. The molecule has 3 rings (SSSR count). The van der Waals surface area contributed by atoms with Crippen LogP contribution in [0, 0.1) is 24.0 Å². The van der Waals surface area contributed by atoms with Gasteiger partial charge in [0.15, 0.2) is 0 Å². The lowest BCUT2D eigenvalue weighted by Gasteiger charge is -2.07. The molecule has 2 aromatic heterocycles. The van der Waals surface area contributed by atoms with Crippen molar-refractivity contribution in [2.24, 2.45) is 0 Å². The summed E-state index contributed by atoms with van der Waals surface area (Å²) in [5, 5.41) is 22.5. The van der Waals surface area contributed by atoms with Gasteiger partial charge in [-0.05, 0) is 36.5 Å². The molecule has 28 heavy (non-hydrogen) atoms. The number of hydrogen-bond donors (Lipinski definition) is 1. The van der Waals surface area contributed by atoms with Crippen molar-refractivity contribution in [3.8, 4) is 0 Å². The monoisotopic (exact) mass is 402 g/mol. The third-order valence-electron chi connectivity index (χ3n) is 4.27. The van der Waals surface area contributed by atoms with Crippen LogP contribution in [-0.2, 0) is 17.9 Å². The number of nitrogens with one attached hydrogen (secondary N) is 1. The molecule has 0 unspecified atom stereocenters. The van der Waals surface area contributed by atoms with Crippen molar-refractivity contribution in [2.75, 3.05) is 5.32 Å². The molecule has 3 aromatic rings. The lowest BCUT2D eigenvalue weighted by Crippen LogP contribution is -2.16. The zero-order valence-electron chi connectivity index (χ0n) is 15.4. The molecule has 2 heterocycles. The Morgan fingerprint density at radius 1 is 1.21 bits per heavy atom. The maximum atomic E-state index is 12.3. The van der Waals surface area contributed by atoms with E-state index in [1.54, 1.807) is 0 Å². The number of benzene rings is 1. The zero-order chi connectivity index (χ0) is 20.3. The first-order valence-electron chi connectivity index (χ1n) is 8.59. The molecule has 1 aromatic carbocycles. The Balaban J connectivity index is 1.63. The van der Waals surface area contributed by atoms with Gasteiger partial charge in [0.05, 0.1) is 47.5 Å². The molecule has 0 bridgehead atoms. The van der Waals surface area contributed by atoms with Gasteiger partial charge in [-0.1, -0.05) is 23.7 Å². The molecule has 9 nitrogen and oxygen atoms in total. The van der Waals surface area contributed by atoms with Gasteiger partial charge in [0.1, 0.15) is 0 Å². The normalized spacial score (nSPS) is 10.8. The van der Waals surface area contributed by atoms with Crippen molar-refractivity contribution in [2.45, 2.75) is 33.4 Å². The van der Waals surface area contributed by atoms with Crippen LogP contribution in [0.25, 0.3) is 0 Å². The number of aryl methyl sites for hydroxylation is 2. The van der Waals surface area contributed by atoms with Gasteiger partial charge in [0.25, 0.3) is 0 Å². The second-order valence-corrected chi connectivity index (χ2v) is 6.76. The molecular formula is C18H19ClN6O3. The molecule has 0 saturated carbocycles. The van der Waals surface area contributed by atoms with Crippen LogP contribution in [0.5, 0.6) is 0 Å². The minimum atomic E-state index is -0.571. The summed E-state index contributed by atoms with van der Waals surface area (Å²) in [4.78, 5) is 22.4. The molecule has 1 N–H and O–H groups in total. The number of carbonyl (C=O) groups is 1. The van der Waals surface area contributed by atoms with Crippen molar-refractivity contribution < 1.29 is 9.72 Å². The van der Waals surface area contributed by atoms with Crippen molar-refractivity contribution >= 4 is 29.0 Å². The van der Waals surface area contributed by atoms with Crippen LogP contribution in [0.3, 0.4) is 0 Å². The highest BCUT2D eigenvalue weighted by atomic mass is 35.5. The van der Waals surface area contributed by atoms with Crippen LogP contribution >= 0.6 is 11.6 Å². The standard InChI is InChI=1S/C18H19ClN6O3/c1-12-18(13(2)24(21-12)11-14-3-5-15(19)6-4-14)20-17(26)8-10-23-9-7-16(22-23)25(27)28/h3-7,9H,8,10-11H2,1-2H3,(H,20,26). The summed E-state index contributed by atoms with van der Waals surface area (Å²) in [6, 6.07) is 8.81. The number of nitrogens with zero attached hydrogens (tertiary/aromatic N) is 5. The Kier molecular flexibility index (Phi) is 5.74. The summed E-state index contributed by atoms with van der Waals surface area (Å²) in [6.07, 6.45) is 1.62. The molecule has 0 aliphatic carbocycles. The minimum absolute atomic E-state index is 0.139. The first kappa shape index (κ1) is 19.6. The number of anilines is 1. The maximum Gasteiger partial charge on any atom is 0.389 e. The van der Waals surface area contributed by atoms with Gasteiger partial charge in [0, 0.05) is 11.4 Å². The van der Waals surface area contributed by atoms with Crippen LogP contribution in [0.15, 0.2) is 36.5 Å². The summed E-state index contributed by atoms with van der Waals surface area (Å²) < 4.78 is 3.20. The van der Waals surface area contributed by atoms with E-state index >= 15 is 0 Å². The summed E-state index contributed by atoms with van der Waals surface area (Å²) in [5.41, 5.74) is 3.28. The molecule has 0 fully saturated rings. The average molecular weight is 403 g/mol. The number of halogens is 1. The van der Waals surface area contributed by atoms with Crippen LogP contribution in [0.1, 0.15) is 23.4 Å². The van der Waals surface area contributed by atoms with Gasteiger partial charge in [-0.2, -0.15) is 9.78 Å². The van der Waals surface area contributed by atoms with E-state index in [1.165, 1.54) is 16.9 Å². The molecule has 0 saturated heterocycles. The summed E-state index contributed by atoms with van der Waals surface area (Å²) in [5.74, 6) is -0.453. The second-order valence-electron chi connectivity index (χ2n) is 6.32. The van der Waals surface area contributed by atoms with Crippen molar-refractivity contribution in [1.29, 1.82) is 0 Å². The van der Waals surface area contributed by atoms with Crippen molar-refractivity contribution in [1.82, 2.24) is 19.6 Å². The smallest absolute Gasteiger partial charge is 0.358 e. The van der Waals surface area contributed by atoms with Gasteiger partial charge in [-0.3, -0.25) is 9.48 Å². The van der Waals surface area contributed by atoms with Gasteiger partial charge in [-0.25, -0.2) is 0 Å². The number of hydrogen-bond acceptors (Lipinski definition) is 5. The Hall–Kier alpha value is -3.20. The fourth-order valence-electron chi connectivity index (χ4n) is 2.79. The molecule has 0 aliphatic rings. The highest BCUT2D eigenvalue weighted by Gasteiger charge is 2.16. The molecule has 10 heteroatoms. The average Bonchev–Trinajstić information content (AvgIpc) is 3.23. The highest BCUT2D eigenvalue weighted by molar-refractivity contribution is 6.30. The molecule has 0 radical (unpaired) electrons. The highest BCUT2D eigenvalue weighted by Crippen LogP contribution is 2.21.